The average molecular weight is 671 g/mol. The Morgan fingerprint density at radius 3 is 2.78 bits per heavy atom. The number of benzene rings is 2. The highest BCUT2D eigenvalue weighted by molar-refractivity contribution is 7.23. The maximum absolute atomic E-state index is 17.1. The number of thiophene rings is 1. The van der Waals surface area contributed by atoms with Gasteiger partial charge in [0.15, 0.2) is 11.6 Å². The van der Waals surface area contributed by atoms with Crippen molar-refractivity contribution in [2.75, 3.05) is 43.5 Å². The zero-order chi connectivity index (χ0) is 32.1. The molecule has 3 atom stereocenters. The molecule has 2 aromatic carbocycles. The molecule has 2 aromatic heterocycles. The van der Waals surface area contributed by atoms with Gasteiger partial charge in [-0.1, -0.05) is 17.7 Å². The number of anilines is 2. The van der Waals surface area contributed by atoms with Gasteiger partial charge < -0.3 is 25.2 Å². The topological polar surface area (TPSA) is 121 Å². The molecule has 8 rings (SSSR count). The van der Waals surface area contributed by atoms with E-state index in [0.29, 0.717) is 31.6 Å². The molecule has 0 amide bonds. The quantitative estimate of drug-likeness (QED) is 0.256. The minimum Gasteiger partial charge on any atom is -0.489 e. The summed E-state index contributed by atoms with van der Waals surface area (Å²) in [5, 5.41) is 20.8. The summed E-state index contributed by atoms with van der Waals surface area (Å²) in [6.07, 6.45) is 2.45. The number of nitrogens with two attached hydrogens (primary N) is 1. The van der Waals surface area contributed by atoms with E-state index in [2.05, 4.69) is 9.88 Å². The van der Waals surface area contributed by atoms with E-state index in [9.17, 15) is 19.1 Å². The van der Waals surface area contributed by atoms with Gasteiger partial charge in [0, 0.05) is 23.9 Å². The van der Waals surface area contributed by atoms with Gasteiger partial charge >= 0.3 is 6.01 Å². The van der Waals surface area contributed by atoms with Gasteiger partial charge in [0.25, 0.3) is 0 Å². The highest BCUT2D eigenvalue weighted by Crippen LogP contribution is 2.54. The van der Waals surface area contributed by atoms with Gasteiger partial charge in [-0.2, -0.15) is 15.2 Å². The molecule has 0 spiro atoms. The maximum Gasteiger partial charge on any atom is 0.319 e. The van der Waals surface area contributed by atoms with Crippen molar-refractivity contribution in [1.29, 1.82) is 5.26 Å². The minimum absolute atomic E-state index is 0.0192. The second-order valence-electron chi connectivity index (χ2n) is 12.9. The van der Waals surface area contributed by atoms with Crippen molar-refractivity contribution in [2.45, 2.75) is 62.3 Å². The first-order valence-electron chi connectivity index (χ1n) is 15.3. The summed E-state index contributed by atoms with van der Waals surface area (Å²) in [4.78, 5) is 13.4. The molecule has 46 heavy (non-hydrogen) atoms. The molecule has 4 aromatic rings. The first-order valence-corrected chi connectivity index (χ1v) is 16.5. The van der Waals surface area contributed by atoms with E-state index in [1.165, 1.54) is 12.1 Å². The number of halogens is 4. The molecule has 14 heteroatoms. The standard InChI is InChI=1S/C32H30ClF3N6O3S/c1-15-12-44-26-22-25(24(36)21(23(26)33)17-3-4-19(35)27-20(17)18(10-37)28(38)46-27)39-30(40-29(22)42(15)31(13-43)6-7-31)45-14-32-5-2-8-41(32)11-16(34)9-32/h3-4,15-16,43H,2,5-9,11-14,38H2,1H3/t15-,16+,32-/m0/s1. The third-order valence-electron chi connectivity index (χ3n) is 10.1. The van der Waals surface area contributed by atoms with Gasteiger partial charge in [-0.25, -0.2) is 13.2 Å². The van der Waals surface area contributed by atoms with Crippen LogP contribution >= 0.6 is 22.9 Å². The molecule has 0 bridgehead atoms. The molecule has 3 aliphatic heterocycles. The number of hydrogen-bond donors (Lipinski definition) is 2. The van der Waals surface area contributed by atoms with Gasteiger partial charge in [0.2, 0.25) is 0 Å². The Labute approximate surface area is 271 Å². The zero-order valence-electron chi connectivity index (χ0n) is 24.9. The number of alkyl halides is 1. The van der Waals surface area contributed by atoms with Gasteiger partial charge in [0.05, 0.1) is 44.4 Å². The Hall–Kier alpha value is -3.57. The van der Waals surface area contributed by atoms with Gasteiger partial charge in [-0.15, -0.1) is 11.3 Å². The van der Waals surface area contributed by atoms with E-state index in [1.54, 1.807) is 0 Å². The number of hydrogen-bond acceptors (Lipinski definition) is 10. The number of ether oxygens (including phenoxy) is 2. The lowest BCUT2D eigenvalue weighted by molar-refractivity contribution is 0.107. The Bertz CT molecular complexity index is 1980. The van der Waals surface area contributed by atoms with E-state index in [0.717, 1.165) is 30.7 Å². The largest absolute Gasteiger partial charge is 0.489 e. The predicted octanol–water partition coefficient (Wildman–Crippen LogP) is 5.96. The summed E-state index contributed by atoms with van der Waals surface area (Å²) >= 11 is 7.90. The number of aromatic nitrogens is 2. The van der Waals surface area contributed by atoms with Crippen LogP contribution in [0, 0.1) is 23.0 Å². The molecule has 3 fully saturated rings. The van der Waals surface area contributed by atoms with Crippen molar-refractivity contribution in [3.05, 3.63) is 34.4 Å². The normalized spacial score (nSPS) is 25.0. The highest BCUT2D eigenvalue weighted by Gasteiger charge is 2.52. The molecule has 1 aliphatic carbocycles. The SMILES string of the molecule is C[C@H]1COc2c(Cl)c(-c3ccc(F)c4sc(N)c(C#N)c34)c(F)c3nc(OC[C@@]45CCCN4C[C@H](F)C5)nc(c23)N1C1(CO)CC1. The zero-order valence-corrected chi connectivity index (χ0v) is 26.5. The van der Waals surface area contributed by atoms with Crippen LogP contribution in [-0.2, 0) is 0 Å². The molecule has 5 heterocycles. The molecular formula is C32H30ClF3N6O3S. The fraction of sp³-hybridized carbons (Fsp3) is 0.469. The summed E-state index contributed by atoms with van der Waals surface area (Å²) < 4.78 is 59.2. The van der Waals surface area contributed by atoms with Crippen molar-refractivity contribution in [2.24, 2.45) is 0 Å². The molecule has 9 nitrogen and oxygen atoms in total. The number of aliphatic hydroxyl groups is 1. The highest BCUT2D eigenvalue weighted by atomic mass is 35.5. The van der Waals surface area contributed by atoms with Crippen LogP contribution in [0.15, 0.2) is 12.1 Å². The Kier molecular flexibility index (Phi) is 6.78. The number of aliphatic hydroxyl groups excluding tert-OH is 1. The van der Waals surface area contributed by atoms with Crippen LogP contribution < -0.4 is 20.1 Å². The number of rotatable bonds is 6. The van der Waals surface area contributed by atoms with Crippen LogP contribution in [0.5, 0.6) is 11.8 Å². The molecule has 3 N–H and O–H groups in total. The van der Waals surface area contributed by atoms with E-state index >= 15 is 4.39 Å². The Morgan fingerprint density at radius 2 is 2.04 bits per heavy atom. The van der Waals surface area contributed by atoms with Crippen molar-refractivity contribution in [3.63, 3.8) is 0 Å². The third-order valence-corrected chi connectivity index (χ3v) is 11.5. The molecule has 0 radical (unpaired) electrons. The van der Waals surface area contributed by atoms with Crippen molar-refractivity contribution < 1.29 is 27.8 Å². The molecule has 4 aliphatic rings. The summed E-state index contributed by atoms with van der Waals surface area (Å²) in [6, 6.07) is 4.17. The van der Waals surface area contributed by atoms with E-state index < -0.39 is 28.9 Å². The summed E-state index contributed by atoms with van der Waals surface area (Å²) in [5.74, 6) is -0.990. The van der Waals surface area contributed by atoms with Gasteiger partial charge in [0.1, 0.15) is 47.6 Å². The first-order chi connectivity index (χ1) is 22.1. The first kappa shape index (κ1) is 29.8. The lowest BCUT2D eigenvalue weighted by Crippen LogP contribution is -2.48. The van der Waals surface area contributed by atoms with Gasteiger partial charge in [-0.05, 0) is 50.8 Å². The van der Waals surface area contributed by atoms with Crippen molar-refractivity contribution in [1.82, 2.24) is 14.9 Å². The van der Waals surface area contributed by atoms with Crippen LogP contribution in [0.2, 0.25) is 5.02 Å². The fourth-order valence-electron chi connectivity index (χ4n) is 7.80. The summed E-state index contributed by atoms with van der Waals surface area (Å²) in [6.45, 7) is 3.16. The second kappa shape index (κ2) is 10.5. The Morgan fingerprint density at radius 1 is 1.24 bits per heavy atom. The van der Waals surface area contributed by atoms with Crippen molar-refractivity contribution in [3.8, 4) is 29.0 Å². The molecule has 1 saturated carbocycles. The molecule has 2 saturated heterocycles. The molecular weight excluding hydrogens is 641 g/mol. The monoisotopic (exact) mass is 670 g/mol. The Balaban J connectivity index is 1.37. The number of nitrogens with zero attached hydrogens (tertiary/aromatic N) is 5. The number of nitriles is 1. The third kappa shape index (κ3) is 4.19. The smallest absolute Gasteiger partial charge is 0.319 e. The van der Waals surface area contributed by atoms with Crippen LogP contribution in [0.4, 0.5) is 24.0 Å². The number of nitrogen functional groups attached to an aromatic ring is 1. The van der Waals surface area contributed by atoms with Crippen LogP contribution in [0.25, 0.3) is 32.1 Å². The fourth-order valence-corrected chi connectivity index (χ4v) is 9.08. The van der Waals surface area contributed by atoms with E-state index in [1.807, 2.05) is 17.9 Å². The van der Waals surface area contributed by atoms with E-state index in [-0.39, 0.29) is 85.3 Å². The predicted molar refractivity (Wildman–Crippen MR) is 169 cm³/mol. The molecule has 0 unspecified atom stereocenters. The molecule has 240 valence electrons. The van der Waals surface area contributed by atoms with Crippen LogP contribution in [0.3, 0.4) is 0 Å². The minimum atomic E-state index is -0.958. The van der Waals surface area contributed by atoms with E-state index in [4.69, 9.17) is 31.8 Å². The summed E-state index contributed by atoms with van der Waals surface area (Å²) in [7, 11) is 0. The average Bonchev–Trinajstić information content (AvgIpc) is 3.51. The number of fused-ring (bicyclic) bond motifs is 2. The summed E-state index contributed by atoms with van der Waals surface area (Å²) in [5.41, 5.74) is 4.87. The lowest BCUT2D eigenvalue weighted by atomic mass is 9.95. The lowest BCUT2D eigenvalue weighted by Gasteiger charge is -2.36. The van der Waals surface area contributed by atoms with Crippen molar-refractivity contribution >= 4 is 54.7 Å². The van der Waals surface area contributed by atoms with Crippen LogP contribution in [-0.4, -0.2) is 76.2 Å². The maximum atomic E-state index is 17.1. The van der Waals surface area contributed by atoms with Crippen LogP contribution in [0.1, 0.15) is 44.6 Å². The second-order valence-corrected chi connectivity index (χ2v) is 14.3. The van der Waals surface area contributed by atoms with Gasteiger partial charge in [-0.3, -0.25) is 4.90 Å².